The van der Waals surface area contributed by atoms with Gasteiger partial charge in [0, 0.05) is 18.3 Å². The second-order valence-electron chi connectivity index (χ2n) is 4.10. The van der Waals surface area contributed by atoms with Crippen molar-refractivity contribution in [3.8, 4) is 0 Å². The second-order valence-corrected chi connectivity index (χ2v) is 5.04. The fraction of sp³-hybridized carbons (Fsp3) is 0.700. The molecule has 0 radical (unpaired) electrons. The minimum absolute atomic E-state index is 0.195. The van der Waals surface area contributed by atoms with Crippen molar-refractivity contribution in [1.82, 2.24) is 10.3 Å². The maximum Gasteiger partial charge on any atom is 0.401 e. The summed E-state index contributed by atoms with van der Waals surface area (Å²) in [4.78, 5) is 4.30. The summed E-state index contributed by atoms with van der Waals surface area (Å²) in [6.45, 7) is -0.761. The quantitative estimate of drug-likeness (QED) is 0.869. The molecule has 1 aromatic heterocycles. The Hall–Kier alpha value is -0.620. The van der Waals surface area contributed by atoms with Crippen LogP contribution in [0.25, 0.3) is 0 Å². The van der Waals surface area contributed by atoms with Crippen molar-refractivity contribution in [2.24, 2.45) is 5.92 Å². The predicted octanol–water partition coefficient (Wildman–Crippen LogP) is 2.75. The normalized spacial score (nSPS) is 16.7. The molecule has 0 unspecified atom stereocenters. The van der Waals surface area contributed by atoms with Gasteiger partial charge in [0.15, 0.2) is 0 Å². The molecule has 16 heavy (non-hydrogen) atoms. The summed E-state index contributed by atoms with van der Waals surface area (Å²) in [5, 5.41) is 5.22. The second kappa shape index (κ2) is 4.71. The van der Waals surface area contributed by atoms with Crippen LogP contribution in [-0.4, -0.2) is 17.7 Å². The number of nitrogens with one attached hydrogen (secondary N) is 1. The average molecular weight is 250 g/mol. The molecule has 1 aliphatic rings. The molecular weight excluding hydrogens is 237 g/mol. The van der Waals surface area contributed by atoms with Gasteiger partial charge in [-0.1, -0.05) is 0 Å². The molecule has 0 atom stereocenters. The average Bonchev–Trinajstić information content (AvgIpc) is 2.84. The number of nitrogens with zero attached hydrogens (tertiary/aromatic N) is 1. The lowest BCUT2D eigenvalue weighted by atomic mass is 10.3. The van der Waals surface area contributed by atoms with E-state index in [-0.39, 0.29) is 6.54 Å². The summed E-state index contributed by atoms with van der Waals surface area (Å²) < 4.78 is 35.6. The Morgan fingerprint density at radius 3 is 2.81 bits per heavy atom. The van der Waals surface area contributed by atoms with E-state index in [1.165, 1.54) is 12.8 Å². The van der Waals surface area contributed by atoms with Crippen molar-refractivity contribution >= 4 is 11.3 Å². The van der Waals surface area contributed by atoms with Gasteiger partial charge in [0.1, 0.15) is 0 Å². The van der Waals surface area contributed by atoms with Crippen molar-refractivity contribution in [2.75, 3.05) is 6.54 Å². The molecule has 1 N–H and O–H groups in total. The molecule has 0 spiro atoms. The zero-order valence-corrected chi connectivity index (χ0v) is 9.50. The van der Waals surface area contributed by atoms with Gasteiger partial charge < -0.3 is 5.32 Å². The van der Waals surface area contributed by atoms with Crippen molar-refractivity contribution in [1.29, 1.82) is 0 Å². The van der Waals surface area contributed by atoms with E-state index >= 15 is 0 Å². The maximum absolute atomic E-state index is 11.9. The first-order valence-electron chi connectivity index (χ1n) is 5.24. The largest absolute Gasteiger partial charge is 0.401 e. The van der Waals surface area contributed by atoms with Gasteiger partial charge in [-0.15, -0.1) is 11.3 Å². The molecule has 0 aliphatic heterocycles. The van der Waals surface area contributed by atoms with Crippen molar-refractivity contribution < 1.29 is 13.2 Å². The lowest BCUT2D eigenvalue weighted by Gasteiger charge is -2.06. The topological polar surface area (TPSA) is 24.9 Å². The third-order valence-electron chi connectivity index (χ3n) is 2.39. The first kappa shape index (κ1) is 11.9. The Balaban J connectivity index is 1.74. The van der Waals surface area contributed by atoms with E-state index in [0.29, 0.717) is 5.69 Å². The highest BCUT2D eigenvalue weighted by atomic mass is 32.1. The minimum Gasteiger partial charge on any atom is -0.303 e. The van der Waals surface area contributed by atoms with Crippen molar-refractivity contribution in [3.05, 3.63) is 16.1 Å². The number of hydrogen-bond donors (Lipinski definition) is 1. The fourth-order valence-corrected chi connectivity index (χ4v) is 2.34. The molecule has 2 nitrogen and oxygen atoms in total. The first-order chi connectivity index (χ1) is 7.53. The molecule has 0 aromatic carbocycles. The molecule has 2 rings (SSSR count). The number of halogens is 3. The first-order valence-corrected chi connectivity index (χ1v) is 6.11. The van der Waals surface area contributed by atoms with Crippen LogP contribution in [0.2, 0.25) is 0 Å². The Labute approximate surface area is 95.9 Å². The highest BCUT2D eigenvalue weighted by molar-refractivity contribution is 7.09. The van der Waals surface area contributed by atoms with Gasteiger partial charge in [-0.3, -0.25) is 0 Å². The fourth-order valence-electron chi connectivity index (χ4n) is 1.43. The van der Waals surface area contributed by atoms with Crippen LogP contribution in [-0.2, 0) is 13.0 Å². The third kappa shape index (κ3) is 4.09. The van der Waals surface area contributed by atoms with Crippen LogP contribution in [0.5, 0.6) is 0 Å². The highest BCUT2D eigenvalue weighted by Gasteiger charge is 2.26. The van der Waals surface area contributed by atoms with Crippen LogP contribution in [0.4, 0.5) is 13.2 Å². The molecule has 90 valence electrons. The highest BCUT2D eigenvalue weighted by Crippen LogP contribution is 2.33. The summed E-state index contributed by atoms with van der Waals surface area (Å²) in [6, 6.07) is 0. The summed E-state index contributed by atoms with van der Waals surface area (Å²) in [6.07, 6.45) is -0.626. The van der Waals surface area contributed by atoms with Gasteiger partial charge in [0.05, 0.1) is 17.2 Å². The molecular formula is C10H13F3N2S. The Kier molecular flexibility index (Phi) is 3.49. The van der Waals surface area contributed by atoms with Crippen molar-refractivity contribution in [2.45, 2.75) is 32.0 Å². The van der Waals surface area contributed by atoms with Crippen LogP contribution < -0.4 is 5.32 Å². The molecule has 0 amide bonds. The monoisotopic (exact) mass is 250 g/mol. The van der Waals surface area contributed by atoms with Crippen LogP contribution >= 0.6 is 11.3 Å². The predicted molar refractivity (Wildman–Crippen MR) is 56.3 cm³/mol. The summed E-state index contributed by atoms with van der Waals surface area (Å²) in [5.74, 6) is 0.766. The van der Waals surface area contributed by atoms with Crippen LogP contribution in [0, 0.1) is 5.92 Å². The molecule has 6 heteroatoms. The van der Waals surface area contributed by atoms with E-state index in [0.717, 1.165) is 17.3 Å². The SMILES string of the molecule is FC(F)(F)CNCc1csc(CC2CC2)n1. The summed E-state index contributed by atoms with van der Waals surface area (Å²) in [5.41, 5.74) is 0.713. The summed E-state index contributed by atoms with van der Waals surface area (Å²) in [7, 11) is 0. The Bertz CT molecular complexity index is 344. The maximum atomic E-state index is 11.9. The molecule has 1 saturated carbocycles. The van der Waals surface area contributed by atoms with E-state index in [1.807, 2.05) is 5.38 Å². The van der Waals surface area contributed by atoms with E-state index in [2.05, 4.69) is 10.3 Å². The Morgan fingerprint density at radius 2 is 2.19 bits per heavy atom. The van der Waals surface area contributed by atoms with E-state index in [4.69, 9.17) is 0 Å². The Morgan fingerprint density at radius 1 is 1.44 bits per heavy atom. The van der Waals surface area contributed by atoms with Gasteiger partial charge in [-0.05, 0) is 18.8 Å². The van der Waals surface area contributed by atoms with Gasteiger partial charge in [-0.25, -0.2) is 4.98 Å². The molecule has 0 bridgehead atoms. The van der Waals surface area contributed by atoms with Crippen LogP contribution in [0.3, 0.4) is 0 Å². The third-order valence-corrected chi connectivity index (χ3v) is 3.31. The smallest absolute Gasteiger partial charge is 0.303 e. The number of thiazole rings is 1. The van der Waals surface area contributed by atoms with Gasteiger partial charge in [0.25, 0.3) is 0 Å². The zero-order valence-electron chi connectivity index (χ0n) is 8.68. The van der Waals surface area contributed by atoms with Gasteiger partial charge >= 0.3 is 6.18 Å². The molecule has 1 heterocycles. The molecule has 1 fully saturated rings. The van der Waals surface area contributed by atoms with Crippen LogP contribution in [0.1, 0.15) is 23.5 Å². The van der Waals surface area contributed by atoms with E-state index in [9.17, 15) is 13.2 Å². The molecule has 1 aliphatic carbocycles. The number of hydrogen-bond acceptors (Lipinski definition) is 3. The van der Waals surface area contributed by atoms with E-state index in [1.54, 1.807) is 11.3 Å². The number of alkyl halides is 3. The lowest BCUT2D eigenvalue weighted by Crippen LogP contribution is -2.28. The minimum atomic E-state index is -4.15. The van der Waals surface area contributed by atoms with Crippen molar-refractivity contribution in [3.63, 3.8) is 0 Å². The van der Waals surface area contributed by atoms with E-state index < -0.39 is 12.7 Å². The number of rotatable bonds is 5. The molecule has 0 saturated heterocycles. The standard InChI is InChI=1S/C10H13F3N2S/c11-10(12,13)6-14-4-8-5-16-9(15-8)3-7-1-2-7/h5,7,14H,1-4,6H2. The zero-order chi connectivity index (χ0) is 11.6. The number of aromatic nitrogens is 1. The van der Waals surface area contributed by atoms with Gasteiger partial charge in [-0.2, -0.15) is 13.2 Å². The van der Waals surface area contributed by atoms with Crippen LogP contribution in [0.15, 0.2) is 5.38 Å². The molecule has 1 aromatic rings. The summed E-state index contributed by atoms with van der Waals surface area (Å²) >= 11 is 1.54. The van der Waals surface area contributed by atoms with Gasteiger partial charge in [0.2, 0.25) is 0 Å². The lowest BCUT2D eigenvalue weighted by molar-refractivity contribution is -0.125.